The average molecular weight is 186 g/mol. The van der Waals surface area contributed by atoms with Crippen molar-refractivity contribution in [2.75, 3.05) is 5.73 Å². The summed E-state index contributed by atoms with van der Waals surface area (Å²) in [6, 6.07) is 3.79. The largest absolute Gasteiger partial charge is 0.384 e. The molecule has 2 aromatic heterocycles. The maximum absolute atomic E-state index is 5.57. The summed E-state index contributed by atoms with van der Waals surface area (Å²) in [5.41, 5.74) is 7.76. The molecule has 0 bridgehead atoms. The van der Waals surface area contributed by atoms with Gasteiger partial charge in [-0.25, -0.2) is 15.0 Å². The topological polar surface area (TPSA) is 64.7 Å². The van der Waals surface area contributed by atoms with Crippen molar-refractivity contribution in [3.05, 3.63) is 48.2 Å². The van der Waals surface area contributed by atoms with Crippen LogP contribution in [0.3, 0.4) is 0 Å². The first kappa shape index (κ1) is 8.62. The summed E-state index contributed by atoms with van der Waals surface area (Å²) >= 11 is 0. The van der Waals surface area contributed by atoms with Crippen LogP contribution in [-0.4, -0.2) is 15.0 Å². The highest BCUT2D eigenvalue weighted by Crippen LogP contribution is 2.08. The lowest BCUT2D eigenvalue weighted by Gasteiger charge is -2.00. The van der Waals surface area contributed by atoms with E-state index in [1.54, 1.807) is 18.6 Å². The Kier molecular flexibility index (Phi) is 2.36. The third kappa shape index (κ3) is 2.04. The van der Waals surface area contributed by atoms with Gasteiger partial charge >= 0.3 is 0 Å². The van der Waals surface area contributed by atoms with Gasteiger partial charge in [0.1, 0.15) is 12.1 Å². The fourth-order valence-corrected chi connectivity index (χ4v) is 1.26. The van der Waals surface area contributed by atoms with Crippen LogP contribution in [0.1, 0.15) is 11.1 Å². The summed E-state index contributed by atoms with van der Waals surface area (Å²) in [7, 11) is 0. The molecule has 2 heterocycles. The fraction of sp³-hybridized carbons (Fsp3) is 0.100. The molecule has 0 radical (unpaired) electrons. The summed E-state index contributed by atoms with van der Waals surface area (Å²) in [4.78, 5) is 11.8. The molecule has 0 saturated carbocycles. The van der Waals surface area contributed by atoms with Gasteiger partial charge in [-0.1, -0.05) is 0 Å². The maximum atomic E-state index is 5.57. The number of rotatable bonds is 2. The number of anilines is 1. The zero-order valence-electron chi connectivity index (χ0n) is 7.59. The van der Waals surface area contributed by atoms with Gasteiger partial charge in [-0.15, -0.1) is 0 Å². The van der Waals surface area contributed by atoms with Crippen molar-refractivity contribution in [2.24, 2.45) is 0 Å². The van der Waals surface area contributed by atoms with Crippen LogP contribution >= 0.6 is 0 Å². The quantitative estimate of drug-likeness (QED) is 0.761. The van der Waals surface area contributed by atoms with Gasteiger partial charge in [0, 0.05) is 25.0 Å². The van der Waals surface area contributed by atoms with Gasteiger partial charge in [0.05, 0.1) is 0 Å². The summed E-state index contributed by atoms with van der Waals surface area (Å²) in [5.74, 6) is 0.541. The van der Waals surface area contributed by atoms with Gasteiger partial charge in [-0.2, -0.15) is 0 Å². The Bertz CT molecular complexity index is 413. The molecule has 0 saturated heterocycles. The van der Waals surface area contributed by atoms with Gasteiger partial charge in [0.2, 0.25) is 0 Å². The van der Waals surface area contributed by atoms with Gasteiger partial charge in [-0.05, 0) is 23.3 Å². The maximum Gasteiger partial charge on any atom is 0.123 e. The van der Waals surface area contributed by atoms with Crippen molar-refractivity contribution < 1.29 is 0 Å². The summed E-state index contributed by atoms with van der Waals surface area (Å²) in [6.07, 6.45) is 7.60. The minimum Gasteiger partial charge on any atom is -0.384 e. The third-order valence-electron chi connectivity index (χ3n) is 1.87. The predicted octanol–water partition coefficient (Wildman–Crippen LogP) is 1.04. The van der Waals surface area contributed by atoms with E-state index in [-0.39, 0.29) is 0 Å². The molecule has 0 aliphatic carbocycles. The van der Waals surface area contributed by atoms with Crippen LogP contribution in [0.25, 0.3) is 0 Å². The second kappa shape index (κ2) is 3.83. The highest BCUT2D eigenvalue weighted by Gasteiger charge is 1.97. The van der Waals surface area contributed by atoms with E-state index in [1.807, 2.05) is 12.1 Å². The molecule has 14 heavy (non-hydrogen) atoms. The Hall–Kier alpha value is -1.97. The minimum absolute atomic E-state index is 0.541. The molecule has 70 valence electrons. The van der Waals surface area contributed by atoms with Gasteiger partial charge in [-0.3, -0.25) is 0 Å². The van der Waals surface area contributed by atoms with Crippen molar-refractivity contribution >= 4 is 5.82 Å². The number of nitrogens with zero attached hydrogens (tertiary/aromatic N) is 3. The van der Waals surface area contributed by atoms with Crippen molar-refractivity contribution in [3.8, 4) is 0 Å². The van der Waals surface area contributed by atoms with Crippen LogP contribution < -0.4 is 5.73 Å². The lowest BCUT2D eigenvalue weighted by molar-refractivity contribution is 1.07. The zero-order valence-corrected chi connectivity index (χ0v) is 7.59. The van der Waals surface area contributed by atoms with Crippen LogP contribution in [0.2, 0.25) is 0 Å². The van der Waals surface area contributed by atoms with Crippen LogP contribution in [0.15, 0.2) is 37.1 Å². The lowest BCUT2D eigenvalue weighted by Crippen LogP contribution is -1.94. The van der Waals surface area contributed by atoms with E-state index in [9.17, 15) is 0 Å². The molecule has 0 aliphatic rings. The molecule has 2 aromatic rings. The Morgan fingerprint density at radius 3 is 2.64 bits per heavy atom. The number of aromatic nitrogens is 3. The summed E-state index contributed by atoms with van der Waals surface area (Å²) in [6.45, 7) is 0. The molecule has 4 heteroatoms. The van der Waals surface area contributed by atoms with Crippen LogP contribution in [0.4, 0.5) is 5.82 Å². The molecule has 0 aliphatic heterocycles. The number of hydrogen-bond acceptors (Lipinski definition) is 4. The number of nitrogens with two attached hydrogens (primary N) is 1. The van der Waals surface area contributed by atoms with E-state index in [2.05, 4.69) is 15.0 Å². The number of pyridine rings is 1. The van der Waals surface area contributed by atoms with E-state index in [4.69, 9.17) is 5.73 Å². The van der Waals surface area contributed by atoms with E-state index < -0.39 is 0 Å². The van der Waals surface area contributed by atoms with E-state index >= 15 is 0 Å². The van der Waals surface area contributed by atoms with Gasteiger partial charge in [0.25, 0.3) is 0 Å². The number of nitrogen functional groups attached to an aromatic ring is 1. The SMILES string of the molecule is Nc1cc(Cc2cncnc2)ccn1. The number of hydrogen-bond donors (Lipinski definition) is 1. The van der Waals surface area contributed by atoms with E-state index in [1.165, 1.54) is 6.33 Å². The molecular formula is C10H10N4. The molecule has 0 fully saturated rings. The van der Waals surface area contributed by atoms with E-state index in [0.717, 1.165) is 17.5 Å². The van der Waals surface area contributed by atoms with Crippen molar-refractivity contribution in [1.29, 1.82) is 0 Å². The normalized spacial score (nSPS) is 10.0. The smallest absolute Gasteiger partial charge is 0.123 e. The average Bonchev–Trinajstić information content (AvgIpc) is 2.19. The van der Waals surface area contributed by atoms with Crippen molar-refractivity contribution in [2.45, 2.75) is 6.42 Å². The van der Waals surface area contributed by atoms with Crippen LogP contribution in [0, 0.1) is 0 Å². The first-order chi connectivity index (χ1) is 6.84. The Morgan fingerprint density at radius 2 is 1.93 bits per heavy atom. The molecule has 0 spiro atoms. The molecule has 4 nitrogen and oxygen atoms in total. The first-order valence-electron chi connectivity index (χ1n) is 4.29. The van der Waals surface area contributed by atoms with Gasteiger partial charge in [0.15, 0.2) is 0 Å². The highest BCUT2D eigenvalue weighted by atomic mass is 14.8. The second-order valence-corrected chi connectivity index (χ2v) is 3.01. The second-order valence-electron chi connectivity index (χ2n) is 3.01. The lowest BCUT2D eigenvalue weighted by atomic mass is 10.1. The zero-order chi connectivity index (χ0) is 9.80. The molecule has 2 N–H and O–H groups in total. The highest BCUT2D eigenvalue weighted by molar-refractivity contribution is 5.34. The predicted molar refractivity (Wildman–Crippen MR) is 53.5 cm³/mol. The molecule has 0 amide bonds. The minimum atomic E-state index is 0.541. The molecule has 2 rings (SSSR count). The standard InChI is InChI=1S/C10H10N4/c11-10-4-8(1-2-14-10)3-9-5-12-7-13-6-9/h1-2,4-7H,3H2,(H2,11,14). The summed E-state index contributed by atoms with van der Waals surface area (Å²) in [5, 5.41) is 0. The van der Waals surface area contributed by atoms with Crippen LogP contribution in [0.5, 0.6) is 0 Å². The first-order valence-corrected chi connectivity index (χ1v) is 4.29. The van der Waals surface area contributed by atoms with Crippen molar-refractivity contribution in [1.82, 2.24) is 15.0 Å². The van der Waals surface area contributed by atoms with E-state index in [0.29, 0.717) is 5.82 Å². The van der Waals surface area contributed by atoms with Gasteiger partial charge < -0.3 is 5.73 Å². The molecule has 0 atom stereocenters. The molecule has 0 aromatic carbocycles. The Morgan fingerprint density at radius 1 is 1.14 bits per heavy atom. The van der Waals surface area contributed by atoms with Crippen molar-refractivity contribution in [3.63, 3.8) is 0 Å². The Balaban J connectivity index is 2.19. The molecule has 0 unspecified atom stereocenters. The Labute approximate surface area is 81.9 Å². The fourth-order valence-electron chi connectivity index (χ4n) is 1.26. The van der Waals surface area contributed by atoms with Crippen LogP contribution in [-0.2, 0) is 6.42 Å². The summed E-state index contributed by atoms with van der Waals surface area (Å²) < 4.78 is 0. The monoisotopic (exact) mass is 186 g/mol. The third-order valence-corrected chi connectivity index (χ3v) is 1.87. The molecular weight excluding hydrogens is 176 g/mol.